The molecule has 1 unspecified atom stereocenters. The van der Waals surface area contributed by atoms with Gasteiger partial charge in [0.05, 0.1) is 12.3 Å². The van der Waals surface area contributed by atoms with Crippen molar-refractivity contribution < 1.29 is 19.5 Å². The number of hydrogen-bond acceptors (Lipinski definition) is 5. The fraction of sp³-hybridized carbons (Fsp3) is 0.462. The Balaban J connectivity index is 1.36. The number of pyridine rings is 1. The van der Waals surface area contributed by atoms with Crippen LogP contribution in [0.15, 0.2) is 48.8 Å². The van der Waals surface area contributed by atoms with Crippen LogP contribution in [0.1, 0.15) is 67.6 Å². The Hall–Kier alpha value is -2.86. The maximum atomic E-state index is 10.9. The van der Waals surface area contributed by atoms with E-state index < -0.39 is 5.97 Å². The summed E-state index contributed by atoms with van der Waals surface area (Å²) in [7, 11) is 0. The molecule has 6 heteroatoms. The van der Waals surface area contributed by atoms with Crippen molar-refractivity contribution in [2.75, 3.05) is 13.2 Å². The average molecular weight is 437 g/mol. The zero-order chi connectivity index (χ0) is 22.2. The number of hydrogen-bond donors (Lipinski definition) is 2. The number of benzene rings is 1. The van der Waals surface area contributed by atoms with Crippen LogP contribution < -0.4 is 10.2 Å². The quantitative estimate of drug-likeness (QED) is 0.398. The number of rotatable bonds is 10. The molecule has 4 rings (SSSR count). The minimum Gasteiger partial charge on any atom is -0.482 e. The second kappa shape index (κ2) is 11.1. The third-order valence-electron chi connectivity index (χ3n) is 6.46. The molecule has 1 atom stereocenters. The summed E-state index contributed by atoms with van der Waals surface area (Å²) in [6.07, 6.45) is 15.0. The van der Waals surface area contributed by atoms with Crippen molar-refractivity contribution in [3.63, 3.8) is 0 Å². The van der Waals surface area contributed by atoms with E-state index in [0.29, 0.717) is 24.2 Å². The number of aromatic nitrogens is 1. The van der Waals surface area contributed by atoms with E-state index in [0.717, 1.165) is 42.5 Å². The lowest BCUT2D eigenvalue weighted by molar-refractivity contribution is -0.139. The van der Waals surface area contributed by atoms with E-state index >= 15 is 0 Å². The Morgan fingerprint density at radius 3 is 2.81 bits per heavy atom. The van der Waals surface area contributed by atoms with Crippen LogP contribution in [-0.4, -0.2) is 29.3 Å². The first-order valence-electron chi connectivity index (χ1n) is 11.7. The Morgan fingerprint density at radius 2 is 2.03 bits per heavy atom. The molecule has 2 N–H and O–H groups in total. The van der Waals surface area contributed by atoms with Crippen LogP contribution in [0.4, 0.5) is 0 Å². The highest BCUT2D eigenvalue weighted by atomic mass is 16.6. The molecule has 2 aromatic rings. The van der Waals surface area contributed by atoms with Gasteiger partial charge in [0.25, 0.3) is 0 Å². The van der Waals surface area contributed by atoms with Gasteiger partial charge < -0.3 is 9.84 Å². The van der Waals surface area contributed by atoms with E-state index in [-0.39, 0.29) is 6.61 Å². The molecule has 0 spiro atoms. The first-order chi connectivity index (χ1) is 15.7. The molecule has 1 aromatic heterocycles. The molecule has 32 heavy (non-hydrogen) atoms. The molecule has 2 aliphatic carbocycles. The summed E-state index contributed by atoms with van der Waals surface area (Å²) in [5.74, 6) is 0.724. The maximum Gasteiger partial charge on any atom is 0.341 e. The first-order valence-corrected chi connectivity index (χ1v) is 11.7. The normalized spacial score (nSPS) is 18.9. The zero-order valence-corrected chi connectivity index (χ0v) is 18.5. The van der Waals surface area contributed by atoms with Crippen molar-refractivity contribution in [2.45, 2.75) is 57.3 Å². The molecular weight excluding hydrogens is 404 g/mol. The van der Waals surface area contributed by atoms with Gasteiger partial charge in [0, 0.05) is 18.0 Å². The number of carboxylic acids is 1. The van der Waals surface area contributed by atoms with Gasteiger partial charge in [0.1, 0.15) is 5.75 Å². The lowest BCUT2D eigenvalue weighted by Gasteiger charge is -2.27. The van der Waals surface area contributed by atoms with Crippen LogP contribution >= 0.6 is 0 Å². The fourth-order valence-electron chi connectivity index (χ4n) is 4.89. The molecular formula is C26H32N2O4. The standard InChI is InChI=1S/C26H32N2O4/c29-26(30)18-31-25-12-4-10-22-20(8-3-11-23(22)25)13-15-32-28-24(16-19-6-1-2-7-19)21-9-5-14-27-17-21/h4-5,9-10,12,14,16-17,19-20,28H,1-3,6-8,11,13,15,18H2,(H,29,30). The Kier molecular flexibility index (Phi) is 7.77. The summed E-state index contributed by atoms with van der Waals surface area (Å²) in [6, 6.07) is 9.97. The van der Waals surface area contributed by atoms with E-state index in [2.05, 4.69) is 28.7 Å². The second-order valence-corrected chi connectivity index (χ2v) is 8.70. The van der Waals surface area contributed by atoms with E-state index in [1.807, 2.05) is 24.4 Å². The third kappa shape index (κ3) is 5.88. The predicted octanol–water partition coefficient (Wildman–Crippen LogP) is 5.11. The maximum absolute atomic E-state index is 10.9. The summed E-state index contributed by atoms with van der Waals surface area (Å²) >= 11 is 0. The summed E-state index contributed by atoms with van der Waals surface area (Å²) in [4.78, 5) is 21.1. The van der Waals surface area contributed by atoms with Crippen LogP contribution in [0.5, 0.6) is 5.75 Å². The number of carboxylic acid groups (broad SMARTS) is 1. The average Bonchev–Trinajstić information content (AvgIpc) is 3.33. The monoisotopic (exact) mass is 436 g/mol. The molecule has 0 amide bonds. The molecule has 0 saturated heterocycles. The van der Waals surface area contributed by atoms with Crippen LogP contribution in [0.3, 0.4) is 0 Å². The number of nitrogens with zero attached hydrogens (tertiary/aromatic N) is 1. The number of aliphatic carboxylic acids is 1. The molecule has 1 fully saturated rings. The van der Waals surface area contributed by atoms with Gasteiger partial charge in [0.2, 0.25) is 0 Å². The fourth-order valence-corrected chi connectivity index (χ4v) is 4.89. The number of hydroxylamine groups is 1. The van der Waals surface area contributed by atoms with E-state index in [4.69, 9.17) is 14.7 Å². The highest BCUT2D eigenvalue weighted by Gasteiger charge is 2.23. The largest absolute Gasteiger partial charge is 0.482 e. The third-order valence-corrected chi connectivity index (χ3v) is 6.46. The number of fused-ring (bicyclic) bond motifs is 1. The number of nitrogens with one attached hydrogen (secondary N) is 1. The molecule has 0 bridgehead atoms. The smallest absolute Gasteiger partial charge is 0.341 e. The van der Waals surface area contributed by atoms with Gasteiger partial charge in [-0.1, -0.05) is 31.1 Å². The van der Waals surface area contributed by atoms with E-state index in [9.17, 15) is 4.79 Å². The van der Waals surface area contributed by atoms with Crippen molar-refractivity contribution in [3.8, 4) is 5.75 Å². The van der Waals surface area contributed by atoms with Crippen LogP contribution in [0, 0.1) is 5.92 Å². The Bertz CT molecular complexity index is 923. The first kappa shape index (κ1) is 22.3. The molecule has 170 valence electrons. The minimum atomic E-state index is -0.954. The number of carbonyl (C=O) groups is 1. The van der Waals surface area contributed by atoms with Crippen molar-refractivity contribution in [1.82, 2.24) is 10.5 Å². The lowest BCUT2D eigenvalue weighted by atomic mass is 9.81. The lowest BCUT2D eigenvalue weighted by Crippen LogP contribution is -2.19. The van der Waals surface area contributed by atoms with Gasteiger partial charge in [-0.15, -0.1) is 0 Å². The van der Waals surface area contributed by atoms with Crippen LogP contribution in [0.2, 0.25) is 0 Å². The van der Waals surface area contributed by atoms with Gasteiger partial charge in [0.15, 0.2) is 6.61 Å². The highest BCUT2D eigenvalue weighted by Crippen LogP contribution is 2.38. The van der Waals surface area contributed by atoms with Crippen molar-refractivity contribution >= 4 is 11.7 Å². The van der Waals surface area contributed by atoms with Gasteiger partial charge in [-0.2, -0.15) is 0 Å². The number of allylic oxidation sites excluding steroid dienone is 1. The van der Waals surface area contributed by atoms with E-state index in [1.165, 1.54) is 31.2 Å². The van der Waals surface area contributed by atoms with Gasteiger partial charge in [-0.05, 0) is 79.7 Å². The molecule has 0 radical (unpaired) electrons. The van der Waals surface area contributed by atoms with Crippen molar-refractivity contribution in [3.05, 3.63) is 65.5 Å². The molecule has 1 saturated carbocycles. The van der Waals surface area contributed by atoms with Gasteiger partial charge >= 0.3 is 5.97 Å². The topological polar surface area (TPSA) is 80.7 Å². The van der Waals surface area contributed by atoms with Crippen molar-refractivity contribution in [2.24, 2.45) is 5.92 Å². The Labute approximate surface area is 189 Å². The minimum absolute atomic E-state index is 0.307. The Morgan fingerprint density at radius 1 is 1.16 bits per heavy atom. The molecule has 2 aliphatic rings. The predicted molar refractivity (Wildman–Crippen MR) is 123 cm³/mol. The summed E-state index contributed by atoms with van der Waals surface area (Å²) in [5.41, 5.74) is 7.65. The van der Waals surface area contributed by atoms with Crippen LogP contribution in [-0.2, 0) is 16.1 Å². The summed E-state index contributed by atoms with van der Waals surface area (Å²) in [5, 5.41) is 8.93. The van der Waals surface area contributed by atoms with Gasteiger partial charge in [-0.3, -0.25) is 15.3 Å². The molecule has 1 heterocycles. The van der Waals surface area contributed by atoms with Gasteiger partial charge in [-0.25, -0.2) is 4.79 Å². The summed E-state index contributed by atoms with van der Waals surface area (Å²) < 4.78 is 5.53. The molecule has 0 aliphatic heterocycles. The second-order valence-electron chi connectivity index (χ2n) is 8.70. The molecule has 1 aromatic carbocycles. The summed E-state index contributed by atoms with van der Waals surface area (Å²) in [6.45, 7) is 0.283. The van der Waals surface area contributed by atoms with Crippen LogP contribution in [0.25, 0.3) is 5.70 Å². The highest BCUT2D eigenvalue weighted by molar-refractivity contribution is 5.68. The number of ether oxygens (including phenoxy) is 1. The van der Waals surface area contributed by atoms with E-state index in [1.54, 1.807) is 6.20 Å². The van der Waals surface area contributed by atoms with Crippen molar-refractivity contribution in [1.29, 1.82) is 0 Å². The zero-order valence-electron chi connectivity index (χ0n) is 18.5. The SMILES string of the molecule is O=C(O)COc1cccc2c1CCCC2CCONC(=CC1CCCC1)c1cccnc1. The molecule has 6 nitrogen and oxygen atoms in total.